The van der Waals surface area contributed by atoms with Crippen molar-refractivity contribution in [3.63, 3.8) is 0 Å². The van der Waals surface area contributed by atoms with Gasteiger partial charge in [0.1, 0.15) is 0 Å². The van der Waals surface area contributed by atoms with Gasteiger partial charge in [-0.25, -0.2) is 4.79 Å². The minimum Gasteiger partial charge on any atom is -0.388 e. The summed E-state index contributed by atoms with van der Waals surface area (Å²) < 4.78 is 0. The second-order valence-corrected chi connectivity index (χ2v) is 7.51. The van der Waals surface area contributed by atoms with Gasteiger partial charge in [0, 0.05) is 31.9 Å². The van der Waals surface area contributed by atoms with E-state index in [4.69, 9.17) is 0 Å². The van der Waals surface area contributed by atoms with Gasteiger partial charge >= 0.3 is 6.03 Å². The lowest BCUT2D eigenvalue weighted by Gasteiger charge is -2.24. The highest BCUT2D eigenvalue weighted by atomic mass is 16.3. The van der Waals surface area contributed by atoms with Gasteiger partial charge in [0.25, 0.3) is 0 Å². The van der Waals surface area contributed by atoms with Crippen LogP contribution < -0.4 is 15.5 Å². The molecule has 1 aliphatic heterocycles. The number of rotatable bonds is 8. The number of hydrogen-bond donors (Lipinski definition) is 3. The summed E-state index contributed by atoms with van der Waals surface area (Å²) in [6.07, 6.45) is 5.94. The van der Waals surface area contributed by atoms with Gasteiger partial charge in [0.05, 0.1) is 5.60 Å². The van der Waals surface area contributed by atoms with Gasteiger partial charge in [-0.1, -0.05) is 38.1 Å². The van der Waals surface area contributed by atoms with Crippen LogP contribution in [0.25, 0.3) is 0 Å². The van der Waals surface area contributed by atoms with Crippen molar-refractivity contribution in [1.29, 1.82) is 0 Å². The Labute approximate surface area is 151 Å². The molecule has 1 aliphatic rings. The second-order valence-electron chi connectivity index (χ2n) is 7.51. The van der Waals surface area contributed by atoms with E-state index in [2.05, 4.69) is 53.7 Å². The van der Waals surface area contributed by atoms with Crippen LogP contribution in [0.4, 0.5) is 10.5 Å². The highest BCUT2D eigenvalue weighted by Gasteiger charge is 2.21. The van der Waals surface area contributed by atoms with Crippen LogP contribution in [0, 0.1) is 5.92 Å². The van der Waals surface area contributed by atoms with Gasteiger partial charge in [-0.2, -0.15) is 0 Å². The van der Waals surface area contributed by atoms with Crippen LogP contribution >= 0.6 is 0 Å². The Morgan fingerprint density at radius 2 is 1.84 bits per heavy atom. The minimum atomic E-state index is -0.868. The number of amides is 2. The molecule has 0 saturated heterocycles. The van der Waals surface area contributed by atoms with Crippen molar-refractivity contribution >= 4 is 11.7 Å². The molecule has 1 heterocycles. The first-order chi connectivity index (χ1) is 11.9. The van der Waals surface area contributed by atoms with E-state index in [9.17, 15) is 9.90 Å². The first-order valence-corrected chi connectivity index (χ1v) is 9.09. The van der Waals surface area contributed by atoms with Crippen LogP contribution in [-0.2, 0) is 6.54 Å². The molecule has 2 rings (SSSR count). The van der Waals surface area contributed by atoms with Crippen molar-refractivity contribution in [1.82, 2.24) is 10.6 Å². The molecule has 5 nitrogen and oxygen atoms in total. The Hall–Kier alpha value is -2.01. The van der Waals surface area contributed by atoms with Gasteiger partial charge in [-0.3, -0.25) is 0 Å². The summed E-state index contributed by atoms with van der Waals surface area (Å²) in [6.45, 7) is 8.66. The number of nitrogens with zero attached hydrogens (tertiary/aromatic N) is 1. The van der Waals surface area contributed by atoms with Gasteiger partial charge in [0.15, 0.2) is 0 Å². The van der Waals surface area contributed by atoms with E-state index in [1.807, 2.05) is 12.1 Å². The summed E-state index contributed by atoms with van der Waals surface area (Å²) in [5, 5.41) is 15.9. The summed E-state index contributed by atoms with van der Waals surface area (Å²) >= 11 is 0. The first-order valence-electron chi connectivity index (χ1n) is 9.09. The highest BCUT2D eigenvalue weighted by molar-refractivity contribution is 5.73. The number of carbonyl (C=O) groups is 1. The van der Waals surface area contributed by atoms with Gasteiger partial charge < -0.3 is 20.6 Å². The first kappa shape index (κ1) is 19.3. The van der Waals surface area contributed by atoms with Gasteiger partial charge in [-0.05, 0) is 43.4 Å². The van der Waals surface area contributed by atoms with Crippen molar-refractivity contribution < 1.29 is 9.90 Å². The Morgan fingerprint density at radius 3 is 2.44 bits per heavy atom. The van der Waals surface area contributed by atoms with E-state index in [1.165, 1.54) is 5.69 Å². The van der Waals surface area contributed by atoms with Crippen molar-refractivity contribution in [2.24, 2.45) is 5.92 Å². The molecule has 0 fully saturated rings. The Morgan fingerprint density at radius 1 is 1.20 bits per heavy atom. The molecule has 1 aromatic carbocycles. The molecule has 1 unspecified atom stereocenters. The molecule has 1 atom stereocenters. The number of aliphatic hydroxyl groups is 1. The zero-order chi connectivity index (χ0) is 18.3. The van der Waals surface area contributed by atoms with E-state index < -0.39 is 5.60 Å². The number of hydrogen-bond acceptors (Lipinski definition) is 3. The van der Waals surface area contributed by atoms with E-state index in [0.717, 1.165) is 25.1 Å². The van der Waals surface area contributed by atoms with Crippen LogP contribution in [0.3, 0.4) is 0 Å². The smallest absolute Gasteiger partial charge is 0.315 e. The maximum atomic E-state index is 11.9. The SMILES string of the molecule is CC(C)CCC(C)(O)CNC(=O)NCc1ccc(N2CC=CC2)cc1. The lowest BCUT2D eigenvalue weighted by molar-refractivity contribution is 0.0476. The largest absolute Gasteiger partial charge is 0.388 e. The monoisotopic (exact) mass is 345 g/mol. The molecule has 3 N–H and O–H groups in total. The van der Waals surface area contributed by atoms with E-state index >= 15 is 0 Å². The maximum absolute atomic E-state index is 11.9. The predicted molar refractivity (Wildman–Crippen MR) is 103 cm³/mol. The molecule has 2 amide bonds. The summed E-state index contributed by atoms with van der Waals surface area (Å²) in [5.74, 6) is 0.541. The Balaban J connectivity index is 1.70. The van der Waals surface area contributed by atoms with Crippen LogP contribution in [0.2, 0.25) is 0 Å². The minimum absolute atomic E-state index is 0.252. The van der Waals surface area contributed by atoms with Crippen LogP contribution in [0.1, 0.15) is 39.2 Å². The third kappa shape index (κ3) is 6.78. The fourth-order valence-electron chi connectivity index (χ4n) is 2.72. The fourth-order valence-corrected chi connectivity index (χ4v) is 2.72. The van der Waals surface area contributed by atoms with Gasteiger partial charge in [-0.15, -0.1) is 0 Å². The average molecular weight is 345 g/mol. The second kappa shape index (κ2) is 8.90. The van der Waals surface area contributed by atoms with E-state index in [0.29, 0.717) is 18.9 Å². The molecule has 0 bridgehead atoms. The van der Waals surface area contributed by atoms with Crippen molar-refractivity contribution in [2.45, 2.75) is 45.8 Å². The Bertz CT molecular complexity index is 571. The number of urea groups is 1. The zero-order valence-corrected chi connectivity index (χ0v) is 15.6. The van der Waals surface area contributed by atoms with Crippen LogP contribution in [0.5, 0.6) is 0 Å². The molecule has 5 heteroatoms. The molecular weight excluding hydrogens is 314 g/mol. The summed E-state index contributed by atoms with van der Waals surface area (Å²) in [6, 6.07) is 7.98. The maximum Gasteiger partial charge on any atom is 0.315 e. The Kier molecular flexibility index (Phi) is 6.88. The molecule has 1 aromatic rings. The van der Waals surface area contributed by atoms with Crippen molar-refractivity contribution in [2.75, 3.05) is 24.5 Å². The molecule has 25 heavy (non-hydrogen) atoms. The molecule has 0 radical (unpaired) electrons. The van der Waals surface area contributed by atoms with Gasteiger partial charge in [0.2, 0.25) is 0 Å². The number of anilines is 1. The number of carbonyl (C=O) groups excluding carboxylic acids is 1. The third-order valence-corrected chi connectivity index (χ3v) is 4.46. The van der Waals surface area contributed by atoms with Crippen molar-refractivity contribution in [3.8, 4) is 0 Å². The molecular formula is C20H31N3O2. The molecule has 0 aliphatic carbocycles. The van der Waals surface area contributed by atoms with Crippen molar-refractivity contribution in [3.05, 3.63) is 42.0 Å². The predicted octanol–water partition coefficient (Wildman–Crippen LogP) is 3.05. The summed E-state index contributed by atoms with van der Waals surface area (Å²) in [5.41, 5.74) is 1.38. The van der Waals surface area contributed by atoms with E-state index in [1.54, 1.807) is 6.92 Å². The third-order valence-electron chi connectivity index (χ3n) is 4.46. The van der Waals surface area contributed by atoms with Crippen LogP contribution in [-0.4, -0.2) is 36.4 Å². The quantitative estimate of drug-likeness (QED) is 0.635. The topological polar surface area (TPSA) is 64.6 Å². The molecule has 0 spiro atoms. The van der Waals surface area contributed by atoms with Crippen LogP contribution in [0.15, 0.2) is 36.4 Å². The standard InChI is InChI=1S/C20H31N3O2/c1-16(2)10-11-20(3,25)15-22-19(24)21-14-17-6-8-18(9-7-17)23-12-4-5-13-23/h4-9,16,25H,10-15H2,1-3H3,(H2,21,22,24). The fraction of sp³-hybridized carbons (Fsp3) is 0.550. The lowest BCUT2D eigenvalue weighted by Crippen LogP contribution is -2.44. The number of benzene rings is 1. The number of nitrogens with one attached hydrogen (secondary N) is 2. The summed E-state index contributed by atoms with van der Waals surface area (Å²) in [7, 11) is 0. The average Bonchev–Trinajstić information content (AvgIpc) is 3.12. The normalized spacial score (nSPS) is 16.1. The zero-order valence-electron chi connectivity index (χ0n) is 15.6. The highest BCUT2D eigenvalue weighted by Crippen LogP contribution is 2.18. The lowest BCUT2D eigenvalue weighted by atomic mass is 9.95. The summed E-state index contributed by atoms with van der Waals surface area (Å²) in [4.78, 5) is 14.2. The molecule has 0 aromatic heterocycles. The van der Waals surface area contributed by atoms with E-state index in [-0.39, 0.29) is 12.6 Å². The molecule has 138 valence electrons. The molecule has 0 saturated carbocycles.